The molecule has 0 aromatic carbocycles. The molecule has 0 radical (unpaired) electrons. The van der Waals surface area contributed by atoms with Gasteiger partial charge in [-0.15, -0.1) is 0 Å². The molecule has 2 aromatic heterocycles. The second-order valence-corrected chi connectivity index (χ2v) is 7.65. The molecule has 0 aliphatic carbocycles. The quantitative estimate of drug-likeness (QED) is 0.828. The highest BCUT2D eigenvalue weighted by Crippen LogP contribution is 2.26. The van der Waals surface area contributed by atoms with Crippen LogP contribution in [0.3, 0.4) is 0 Å². The van der Waals surface area contributed by atoms with Crippen LogP contribution in [-0.4, -0.2) is 51.8 Å². The lowest BCUT2D eigenvalue weighted by molar-refractivity contribution is 0.459. The average molecular weight is 321 g/mol. The minimum Gasteiger partial charge on any atom is -0.266 e. The number of aromatic nitrogens is 4. The summed E-state index contributed by atoms with van der Waals surface area (Å²) in [4.78, 5) is 8.89. The highest BCUT2D eigenvalue weighted by atomic mass is 32.2. The fourth-order valence-electron chi connectivity index (χ4n) is 2.87. The van der Waals surface area contributed by atoms with Crippen molar-refractivity contribution in [2.75, 3.05) is 19.3 Å². The number of sulfonamides is 1. The summed E-state index contributed by atoms with van der Waals surface area (Å²) in [6, 6.07) is 1.91. The lowest BCUT2D eigenvalue weighted by Gasteiger charge is -2.14. The molecular formula is C14H19N5O2S. The van der Waals surface area contributed by atoms with Crippen molar-refractivity contribution in [2.45, 2.75) is 12.8 Å². The van der Waals surface area contributed by atoms with Crippen molar-refractivity contribution in [3.05, 3.63) is 30.4 Å². The van der Waals surface area contributed by atoms with E-state index in [0.29, 0.717) is 13.1 Å². The van der Waals surface area contributed by atoms with E-state index in [1.807, 2.05) is 13.1 Å². The van der Waals surface area contributed by atoms with Gasteiger partial charge in [-0.2, -0.15) is 5.10 Å². The molecule has 3 heterocycles. The van der Waals surface area contributed by atoms with E-state index >= 15 is 0 Å². The van der Waals surface area contributed by atoms with Crippen molar-refractivity contribution in [3.8, 4) is 11.4 Å². The summed E-state index contributed by atoms with van der Waals surface area (Å²) in [6.45, 7) is 1.14. The number of rotatable bonds is 4. The molecule has 0 bridgehead atoms. The first kappa shape index (κ1) is 15.1. The van der Waals surface area contributed by atoms with Crippen LogP contribution in [0.2, 0.25) is 0 Å². The summed E-state index contributed by atoms with van der Waals surface area (Å²) < 4.78 is 26.5. The molecule has 8 heteroatoms. The molecule has 118 valence electrons. The van der Waals surface area contributed by atoms with E-state index in [4.69, 9.17) is 0 Å². The van der Waals surface area contributed by atoms with Gasteiger partial charge in [-0.3, -0.25) is 14.6 Å². The molecule has 3 rings (SSSR count). The first-order chi connectivity index (χ1) is 10.4. The molecule has 1 saturated heterocycles. The van der Waals surface area contributed by atoms with Gasteiger partial charge in [-0.05, 0) is 24.8 Å². The van der Waals surface area contributed by atoms with Crippen molar-refractivity contribution < 1.29 is 8.42 Å². The molecule has 1 atom stereocenters. The van der Waals surface area contributed by atoms with E-state index in [1.54, 1.807) is 23.3 Å². The fraction of sp³-hybridized carbons (Fsp3) is 0.500. The number of nitrogens with zero attached hydrogens (tertiary/aromatic N) is 5. The molecule has 0 N–H and O–H groups in total. The summed E-state index contributed by atoms with van der Waals surface area (Å²) in [7, 11) is -1.23. The fourth-order valence-corrected chi connectivity index (χ4v) is 3.79. The minimum absolute atomic E-state index is 0.276. The van der Waals surface area contributed by atoms with Crippen LogP contribution in [0.4, 0.5) is 0 Å². The molecule has 0 amide bonds. The third-order valence-corrected chi connectivity index (χ3v) is 5.31. The molecule has 2 aromatic rings. The third-order valence-electron chi connectivity index (χ3n) is 4.04. The van der Waals surface area contributed by atoms with Gasteiger partial charge in [0.1, 0.15) is 5.69 Å². The standard InChI is InChI=1S/C14H19N5O2S/c1-18-13(3-5-17-18)14-12(15-6-7-16-14)9-11-4-8-19(10-11)22(2,20)21/h3,5-7,11H,4,8-10H2,1-2H3. The van der Waals surface area contributed by atoms with Gasteiger partial charge in [0.2, 0.25) is 10.0 Å². The van der Waals surface area contributed by atoms with Gasteiger partial charge >= 0.3 is 0 Å². The highest BCUT2D eigenvalue weighted by molar-refractivity contribution is 7.88. The predicted molar refractivity (Wildman–Crippen MR) is 82.5 cm³/mol. The Balaban J connectivity index is 1.81. The van der Waals surface area contributed by atoms with Crippen molar-refractivity contribution in [3.63, 3.8) is 0 Å². The van der Waals surface area contributed by atoms with E-state index in [9.17, 15) is 8.42 Å². The summed E-state index contributed by atoms with van der Waals surface area (Å²) in [6.07, 6.45) is 7.92. The summed E-state index contributed by atoms with van der Waals surface area (Å²) in [5.74, 6) is 0.276. The third kappa shape index (κ3) is 3.02. The van der Waals surface area contributed by atoms with Crippen LogP contribution in [0, 0.1) is 5.92 Å². The van der Waals surface area contributed by atoms with Gasteiger partial charge in [0, 0.05) is 38.7 Å². The van der Waals surface area contributed by atoms with Crippen LogP contribution in [0.15, 0.2) is 24.7 Å². The Morgan fingerprint density at radius 1 is 1.27 bits per heavy atom. The number of aryl methyl sites for hydroxylation is 1. The van der Waals surface area contributed by atoms with Crippen LogP contribution < -0.4 is 0 Å². The van der Waals surface area contributed by atoms with Crippen molar-refractivity contribution >= 4 is 10.0 Å². The lowest BCUT2D eigenvalue weighted by Crippen LogP contribution is -2.27. The molecule has 0 saturated carbocycles. The Morgan fingerprint density at radius 3 is 2.68 bits per heavy atom. The molecular weight excluding hydrogens is 302 g/mol. The monoisotopic (exact) mass is 321 g/mol. The second kappa shape index (κ2) is 5.77. The Bertz CT molecular complexity index is 771. The van der Waals surface area contributed by atoms with E-state index in [2.05, 4.69) is 15.1 Å². The van der Waals surface area contributed by atoms with Gasteiger partial charge in [0.25, 0.3) is 0 Å². The van der Waals surface area contributed by atoms with Crippen LogP contribution in [-0.2, 0) is 23.5 Å². The van der Waals surface area contributed by atoms with E-state index in [1.165, 1.54) is 10.6 Å². The maximum absolute atomic E-state index is 11.6. The summed E-state index contributed by atoms with van der Waals surface area (Å²) in [5, 5.41) is 4.17. The van der Waals surface area contributed by atoms with Crippen LogP contribution in [0.25, 0.3) is 11.4 Å². The zero-order valence-electron chi connectivity index (χ0n) is 12.7. The van der Waals surface area contributed by atoms with Crippen molar-refractivity contribution in [1.29, 1.82) is 0 Å². The Hall–Kier alpha value is -1.80. The van der Waals surface area contributed by atoms with Crippen molar-refractivity contribution in [2.24, 2.45) is 13.0 Å². The second-order valence-electron chi connectivity index (χ2n) is 5.67. The maximum Gasteiger partial charge on any atom is 0.211 e. The number of hydrogen-bond donors (Lipinski definition) is 0. The first-order valence-corrected chi connectivity index (χ1v) is 9.03. The van der Waals surface area contributed by atoms with Gasteiger partial charge in [-0.25, -0.2) is 12.7 Å². The molecule has 7 nitrogen and oxygen atoms in total. The minimum atomic E-state index is -3.10. The van der Waals surface area contributed by atoms with E-state index < -0.39 is 10.0 Å². The SMILES string of the molecule is Cn1nccc1-c1nccnc1CC1CCN(S(C)(=O)=O)C1. The van der Waals surface area contributed by atoms with Crippen molar-refractivity contribution in [1.82, 2.24) is 24.1 Å². The lowest BCUT2D eigenvalue weighted by atomic mass is 10.0. The zero-order valence-corrected chi connectivity index (χ0v) is 13.5. The van der Waals surface area contributed by atoms with Gasteiger partial charge in [-0.1, -0.05) is 0 Å². The molecule has 0 spiro atoms. The van der Waals surface area contributed by atoms with E-state index in [0.717, 1.165) is 29.9 Å². The Labute approximate surface area is 130 Å². The van der Waals surface area contributed by atoms with Crippen LogP contribution >= 0.6 is 0 Å². The molecule has 1 aliphatic rings. The Morgan fingerprint density at radius 2 is 2.05 bits per heavy atom. The van der Waals surface area contributed by atoms with E-state index in [-0.39, 0.29) is 5.92 Å². The number of hydrogen-bond acceptors (Lipinski definition) is 5. The maximum atomic E-state index is 11.6. The summed E-state index contributed by atoms with van der Waals surface area (Å²) in [5.41, 5.74) is 2.63. The largest absolute Gasteiger partial charge is 0.266 e. The predicted octanol–water partition coefficient (Wildman–Crippen LogP) is 0.701. The van der Waals surface area contributed by atoms with Crippen LogP contribution in [0.1, 0.15) is 12.1 Å². The van der Waals surface area contributed by atoms with Gasteiger partial charge in [0.15, 0.2) is 0 Å². The van der Waals surface area contributed by atoms with Gasteiger partial charge < -0.3 is 0 Å². The Kier molecular flexibility index (Phi) is 3.96. The molecule has 1 unspecified atom stereocenters. The molecule has 22 heavy (non-hydrogen) atoms. The molecule has 1 aliphatic heterocycles. The first-order valence-electron chi connectivity index (χ1n) is 7.18. The zero-order chi connectivity index (χ0) is 15.7. The summed E-state index contributed by atoms with van der Waals surface area (Å²) >= 11 is 0. The smallest absolute Gasteiger partial charge is 0.211 e. The highest BCUT2D eigenvalue weighted by Gasteiger charge is 2.29. The van der Waals surface area contributed by atoms with Crippen LogP contribution in [0.5, 0.6) is 0 Å². The van der Waals surface area contributed by atoms with Gasteiger partial charge in [0.05, 0.1) is 17.6 Å². The normalized spacial score (nSPS) is 19.6. The average Bonchev–Trinajstić information content (AvgIpc) is 3.08. The topological polar surface area (TPSA) is 81.0 Å². The molecule has 1 fully saturated rings.